The van der Waals surface area contributed by atoms with Crippen molar-refractivity contribution in [3.63, 3.8) is 0 Å². The Morgan fingerprint density at radius 3 is 2.71 bits per heavy atom. The topological polar surface area (TPSA) is 53.1 Å². The summed E-state index contributed by atoms with van der Waals surface area (Å²) in [7, 11) is 3.49. The predicted octanol–water partition coefficient (Wildman–Crippen LogP) is 7.06. The number of nitrogens with zero attached hydrogens (tertiary/aromatic N) is 2. The number of benzene rings is 2. The third-order valence-electron chi connectivity index (χ3n) is 8.68. The third-order valence-corrected chi connectivity index (χ3v) is 8.68. The number of hydrogen-bond donors (Lipinski definition) is 0. The lowest BCUT2D eigenvalue weighted by Gasteiger charge is -2.37. The molecule has 2 aromatic carbocycles. The number of pyridine rings is 1. The van der Waals surface area contributed by atoms with Crippen LogP contribution in [0, 0.1) is 11.8 Å². The Balaban J connectivity index is 1.25. The molecule has 0 saturated heterocycles. The summed E-state index contributed by atoms with van der Waals surface area (Å²) in [6.45, 7) is 6.35. The van der Waals surface area contributed by atoms with Crippen molar-refractivity contribution in [3.8, 4) is 11.5 Å². The van der Waals surface area contributed by atoms with Gasteiger partial charge in [-0.3, -0.25) is 4.98 Å². The minimum atomic E-state index is 0.191. The highest BCUT2D eigenvalue weighted by molar-refractivity contribution is 5.61. The van der Waals surface area contributed by atoms with Crippen LogP contribution in [-0.2, 0) is 22.5 Å². The number of rotatable bonds is 13. The van der Waals surface area contributed by atoms with Crippen LogP contribution >= 0.6 is 0 Å². The van der Waals surface area contributed by atoms with Crippen molar-refractivity contribution in [1.29, 1.82) is 0 Å². The molecule has 1 aliphatic carbocycles. The first-order chi connectivity index (χ1) is 20.1. The Kier molecular flexibility index (Phi) is 10.5. The second kappa shape index (κ2) is 14.7. The summed E-state index contributed by atoms with van der Waals surface area (Å²) in [5.41, 5.74) is 4.91. The molecular formula is C35H46N2O4. The van der Waals surface area contributed by atoms with Gasteiger partial charge in [-0.05, 0) is 97.9 Å². The second-order valence-corrected chi connectivity index (χ2v) is 11.8. The van der Waals surface area contributed by atoms with Crippen molar-refractivity contribution in [1.82, 2.24) is 4.98 Å². The zero-order chi connectivity index (χ0) is 28.4. The zero-order valence-electron chi connectivity index (χ0n) is 25.0. The standard InChI is InChI=1S/C35H46N2O4/c1-26(22-30-7-4-5-16-36-30)21-27-8-14-34(32(23-27)29-10-12-31(39-3)13-11-29)41-25-28-9-15-35-33(24-28)37(18-20-40-35)17-6-19-38-2/h4-5,7,9-13,15-16,24,26-27,32,34H,6,8,14,17-23,25H2,1-3H3/t26-,27+,32-,34+/m1/s1. The first-order valence-corrected chi connectivity index (χ1v) is 15.3. The van der Waals surface area contributed by atoms with E-state index >= 15 is 0 Å². The zero-order valence-corrected chi connectivity index (χ0v) is 25.0. The van der Waals surface area contributed by atoms with Crippen molar-refractivity contribution in [2.24, 2.45) is 11.8 Å². The minimum Gasteiger partial charge on any atom is -0.497 e. The monoisotopic (exact) mass is 558 g/mol. The van der Waals surface area contributed by atoms with Gasteiger partial charge in [-0.1, -0.05) is 31.2 Å². The van der Waals surface area contributed by atoms with E-state index < -0.39 is 0 Å². The molecule has 41 heavy (non-hydrogen) atoms. The molecule has 0 N–H and O–H groups in total. The maximum absolute atomic E-state index is 6.75. The second-order valence-electron chi connectivity index (χ2n) is 11.8. The average molecular weight is 559 g/mol. The van der Waals surface area contributed by atoms with Gasteiger partial charge in [0.15, 0.2) is 0 Å². The molecule has 0 bridgehead atoms. The van der Waals surface area contributed by atoms with Crippen molar-refractivity contribution >= 4 is 5.69 Å². The van der Waals surface area contributed by atoms with Gasteiger partial charge >= 0.3 is 0 Å². The van der Waals surface area contributed by atoms with Gasteiger partial charge in [0, 0.05) is 38.1 Å². The van der Waals surface area contributed by atoms with Crippen molar-refractivity contribution in [3.05, 3.63) is 83.7 Å². The van der Waals surface area contributed by atoms with Crippen LogP contribution in [0.4, 0.5) is 5.69 Å². The van der Waals surface area contributed by atoms with Crippen LogP contribution in [0.3, 0.4) is 0 Å². The predicted molar refractivity (Wildman–Crippen MR) is 164 cm³/mol. The maximum atomic E-state index is 6.75. The normalized spacial score (nSPS) is 21.1. The summed E-state index contributed by atoms with van der Waals surface area (Å²) in [6.07, 6.45) is 8.78. The SMILES string of the molecule is COCCCN1CCOc2ccc(CO[C@H]3CC[C@@H](C[C@@H](C)Cc4ccccn4)C[C@@H]3c3ccc(OC)cc3)cc21. The van der Waals surface area contributed by atoms with Crippen molar-refractivity contribution in [2.45, 2.75) is 64.1 Å². The van der Waals surface area contributed by atoms with Gasteiger partial charge in [0.25, 0.3) is 0 Å². The number of aromatic nitrogens is 1. The lowest BCUT2D eigenvalue weighted by atomic mass is 9.73. The molecule has 220 valence electrons. The van der Waals surface area contributed by atoms with Gasteiger partial charge in [-0.2, -0.15) is 0 Å². The molecule has 2 heterocycles. The molecule has 1 fully saturated rings. The van der Waals surface area contributed by atoms with E-state index in [1.54, 1.807) is 14.2 Å². The molecule has 2 aliphatic rings. The van der Waals surface area contributed by atoms with Gasteiger partial charge < -0.3 is 23.8 Å². The summed E-state index contributed by atoms with van der Waals surface area (Å²) in [4.78, 5) is 6.97. The fourth-order valence-corrected chi connectivity index (χ4v) is 6.62. The van der Waals surface area contributed by atoms with Crippen LogP contribution in [0.5, 0.6) is 11.5 Å². The fourth-order valence-electron chi connectivity index (χ4n) is 6.62. The first kappa shape index (κ1) is 29.4. The number of fused-ring (bicyclic) bond motifs is 1. The van der Waals surface area contributed by atoms with E-state index in [1.807, 2.05) is 12.3 Å². The van der Waals surface area contributed by atoms with Gasteiger partial charge in [0.1, 0.15) is 18.1 Å². The summed E-state index contributed by atoms with van der Waals surface area (Å²) in [5, 5.41) is 0. The molecule has 0 amide bonds. The molecule has 1 aliphatic heterocycles. The Labute approximate surface area is 246 Å². The fraction of sp³-hybridized carbons (Fsp3) is 0.514. The molecule has 6 nitrogen and oxygen atoms in total. The van der Waals surface area contributed by atoms with Gasteiger partial charge in [-0.25, -0.2) is 0 Å². The van der Waals surface area contributed by atoms with Crippen LogP contribution in [0.15, 0.2) is 66.9 Å². The van der Waals surface area contributed by atoms with Gasteiger partial charge in [0.05, 0.1) is 32.1 Å². The van der Waals surface area contributed by atoms with Gasteiger partial charge in [-0.15, -0.1) is 0 Å². The minimum absolute atomic E-state index is 0.191. The molecule has 0 unspecified atom stereocenters. The smallest absolute Gasteiger partial charge is 0.142 e. The van der Waals surface area contributed by atoms with E-state index in [1.165, 1.54) is 35.3 Å². The largest absolute Gasteiger partial charge is 0.497 e. The Hall–Kier alpha value is -3.09. The van der Waals surface area contributed by atoms with Crippen LogP contribution in [0.2, 0.25) is 0 Å². The molecule has 0 radical (unpaired) electrons. The summed E-state index contributed by atoms with van der Waals surface area (Å²) >= 11 is 0. The lowest BCUT2D eigenvalue weighted by Crippen LogP contribution is -2.34. The molecule has 4 atom stereocenters. The van der Waals surface area contributed by atoms with Crippen molar-refractivity contribution < 1.29 is 18.9 Å². The molecule has 0 spiro atoms. The van der Waals surface area contributed by atoms with E-state index in [-0.39, 0.29) is 6.10 Å². The molecule has 3 aromatic rings. The number of hydrogen-bond acceptors (Lipinski definition) is 6. The first-order valence-electron chi connectivity index (χ1n) is 15.3. The van der Waals surface area contributed by atoms with Crippen LogP contribution in [0.25, 0.3) is 0 Å². The van der Waals surface area contributed by atoms with Crippen molar-refractivity contribution in [2.75, 3.05) is 45.4 Å². The Morgan fingerprint density at radius 1 is 1.05 bits per heavy atom. The highest BCUT2D eigenvalue weighted by atomic mass is 16.5. The van der Waals surface area contributed by atoms with E-state index in [4.69, 9.17) is 18.9 Å². The number of methoxy groups -OCH3 is 2. The van der Waals surface area contributed by atoms with E-state index in [9.17, 15) is 0 Å². The summed E-state index contributed by atoms with van der Waals surface area (Å²) in [6, 6.07) is 21.4. The summed E-state index contributed by atoms with van der Waals surface area (Å²) < 4.78 is 23.4. The number of ether oxygens (including phenoxy) is 4. The lowest BCUT2D eigenvalue weighted by molar-refractivity contribution is -0.0107. The highest BCUT2D eigenvalue weighted by Gasteiger charge is 2.33. The Morgan fingerprint density at radius 2 is 1.93 bits per heavy atom. The van der Waals surface area contributed by atoms with Gasteiger partial charge in [0.2, 0.25) is 0 Å². The molecule has 5 rings (SSSR count). The van der Waals surface area contributed by atoms with Crippen LogP contribution in [-0.4, -0.2) is 51.6 Å². The maximum Gasteiger partial charge on any atom is 0.142 e. The quantitative estimate of drug-likeness (QED) is 0.209. The number of anilines is 1. The highest BCUT2D eigenvalue weighted by Crippen LogP contribution is 2.42. The molecule has 1 saturated carbocycles. The van der Waals surface area contributed by atoms with Crippen LogP contribution < -0.4 is 14.4 Å². The average Bonchev–Trinajstić information content (AvgIpc) is 3.01. The molecular weight excluding hydrogens is 512 g/mol. The van der Waals surface area contributed by atoms with Crippen LogP contribution in [0.1, 0.15) is 61.8 Å². The summed E-state index contributed by atoms with van der Waals surface area (Å²) in [5.74, 6) is 3.52. The van der Waals surface area contributed by atoms with E-state index in [2.05, 4.69) is 71.4 Å². The van der Waals surface area contributed by atoms with E-state index in [0.717, 1.165) is 63.5 Å². The van der Waals surface area contributed by atoms with E-state index in [0.29, 0.717) is 24.4 Å². The molecule has 6 heteroatoms. The third kappa shape index (κ3) is 8.02. The Bertz CT molecular complexity index is 1200. The molecule has 1 aromatic heterocycles.